The smallest absolute Gasteiger partial charge is 0.341 e. The highest BCUT2D eigenvalue weighted by Gasteiger charge is 2.21. The average molecular weight is 315 g/mol. The van der Waals surface area contributed by atoms with Crippen molar-refractivity contribution in [2.24, 2.45) is 5.92 Å². The standard InChI is InChI=1S/C14H21NO5S/c1-4-11(2)9-15(3)21(18,19)13-7-5-12(6-8-13)20-10-14(16)17/h5-8,11H,4,9-10H2,1-3H3,(H,16,17). The average Bonchev–Trinajstić information content (AvgIpc) is 2.45. The third-order valence-corrected chi connectivity index (χ3v) is 5.00. The zero-order valence-corrected chi connectivity index (χ0v) is 13.3. The molecule has 0 aliphatic rings. The van der Waals surface area contributed by atoms with Gasteiger partial charge < -0.3 is 9.84 Å². The van der Waals surface area contributed by atoms with Gasteiger partial charge in [-0.1, -0.05) is 20.3 Å². The predicted octanol–water partition coefficient (Wildman–Crippen LogP) is 1.82. The molecule has 1 atom stereocenters. The summed E-state index contributed by atoms with van der Waals surface area (Å²) in [6, 6.07) is 5.74. The van der Waals surface area contributed by atoms with Crippen LogP contribution in [0, 0.1) is 5.92 Å². The number of carboxylic acids is 1. The third kappa shape index (κ3) is 5.02. The molecule has 118 valence electrons. The van der Waals surface area contributed by atoms with E-state index in [1.54, 1.807) is 7.05 Å². The second kappa shape index (κ2) is 7.42. The van der Waals surface area contributed by atoms with Crippen LogP contribution in [0.25, 0.3) is 0 Å². The summed E-state index contributed by atoms with van der Waals surface area (Å²) >= 11 is 0. The van der Waals surface area contributed by atoms with Crippen molar-refractivity contribution in [2.75, 3.05) is 20.2 Å². The molecule has 0 aliphatic carbocycles. The van der Waals surface area contributed by atoms with Gasteiger partial charge in [0.2, 0.25) is 10.0 Å². The minimum atomic E-state index is -3.53. The molecule has 0 amide bonds. The van der Waals surface area contributed by atoms with E-state index in [-0.39, 0.29) is 10.8 Å². The Morgan fingerprint density at radius 2 is 1.90 bits per heavy atom. The maximum atomic E-state index is 12.4. The van der Waals surface area contributed by atoms with Gasteiger partial charge in [0.05, 0.1) is 4.90 Å². The number of benzene rings is 1. The summed E-state index contributed by atoms with van der Waals surface area (Å²) in [4.78, 5) is 10.6. The molecular formula is C14H21NO5S. The lowest BCUT2D eigenvalue weighted by molar-refractivity contribution is -0.139. The van der Waals surface area contributed by atoms with Crippen LogP contribution in [0.3, 0.4) is 0 Å². The van der Waals surface area contributed by atoms with Gasteiger partial charge in [-0.3, -0.25) is 0 Å². The van der Waals surface area contributed by atoms with E-state index in [4.69, 9.17) is 9.84 Å². The van der Waals surface area contributed by atoms with Gasteiger partial charge in [-0.2, -0.15) is 0 Å². The van der Waals surface area contributed by atoms with Crippen molar-refractivity contribution in [3.8, 4) is 5.75 Å². The fourth-order valence-electron chi connectivity index (χ4n) is 1.70. The Labute approximate surface area is 125 Å². The van der Waals surface area contributed by atoms with E-state index in [1.165, 1.54) is 28.6 Å². The third-order valence-electron chi connectivity index (χ3n) is 3.16. The molecule has 0 spiro atoms. The van der Waals surface area contributed by atoms with Crippen molar-refractivity contribution >= 4 is 16.0 Å². The molecule has 0 fully saturated rings. The minimum Gasteiger partial charge on any atom is -0.482 e. The van der Waals surface area contributed by atoms with Gasteiger partial charge in [0.25, 0.3) is 0 Å². The highest BCUT2D eigenvalue weighted by molar-refractivity contribution is 7.89. The van der Waals surface area contributed by atoms with E-state index in [0.29, 0.717) is 12.3 Å². The van der Waals surface area contributed by atoms with Gasteiger partial charge in [0.15, 0.2) is 6.61 Å². The van der Waals surface area contributed by atoms with Gasteiger partial charge >= 0.3 is 5.97 Å². The van der Waals surface area contributed by atoms with Crippen LogP contribution >= 0.6 is 0 Å². The first-order valence-corrected chi connectivity index (χ1v) is 8.12. The lowest BCUT2D eigenvalue weighted by Gasteiger charge is -2.20. The molecule has 1 unspecified atom stereocenters. The highest BCUT2D eigenvalue weighted by atomic mass is 32.2. The lowest BCUT2D eigenvalue weighted by Crippen LogP contribution is -2.31. The van der Waals surface area contributed by atoms with Crippen LogP contribution in [0.1, 0.15) is 20.3 Å². The summed E-state index contributed by atoms with van der Waals surface area (Å²) in [6.45, 7) is 4.00. The number of hydrogen-bond donors (Lipinski definition) is 1. The SMILES string of the molecule is CCC(C)CN(C)S(=O)(=O)c1ccc(OCC(=O)O)cc1. The summed E-state index contributed by atoms with van der Waals surface area (Å²) in [5, 5.41) is 8.51. The molecule has 1 aromatic carbocycles. The van der Waals surface area contributed by atoms with Gasteiger partial charge in [-0.05, 0) is 30.2 Å². The van der Waals surface area contributed by atoms with Crippen LogP contribution in [0.15, 0.2) is 29.2 Å². The molecular weight excluding hydrogens is 294 g/mol. The second-order valence-electron chi connectivity index (χ2n) is 4.95. The fourth-order valence-corrected chi connectivity index (χ4v) is 2.99. The van der Waals surface area contributed by atoms with E-state index < -0.39 is 22.6 Å². The number of sulfonamides is 1. The Bertz CT molecular complexity index is 568. The second-order valence-corrected chi connectivity index (χ2v) is 7.00. The Morgan fingerprint density at radius 3 is 2.38 bits per heavy atom. The Balaban J connectivity index is 2.82. The molecule has 6 nitrogen and oxygen atoms in total. The van der Waals surface area contributed by atoms with E-state index in [1.807, 2.05) is 13.8 Å². The van der Waals surface area contributed by atoms with Crippen LogP contribution in [-0.4, -0.2) is 44.0 Å². The Kier molecular flexibility index (Phi) is 6.17. The highest BCUT2D eigenvalue weighted by Crippen LogP contribution is 2.20. The molecule has 1 rings (SSSR count). The molecule has 1 N–H and O–H groups in total. The number of carboxylic acid groups (broad SMARTS) is 1. The van der Waals surface area contributed by atoms with Crippen molar-refractivity contribution in [3.05, 3.63) is 24.3 Å². The first-order valence-electron chi connectivity index (χ1n) is 6.68. The van der Waals surface area contributed by atoms with Crippen LogP contribution < -0.4 is 4.74 Å². The van der Waals surface area contributed by atoms with Crippen molar-refractivity contribution in [2.45, 2.75) is 25.2 Å². The summed E-state index contributed by atoms with van der Waals surface area (Å²) in [7, 11) is -1.98. The topological polar surface area (TPSA) is 83.9 Å². The van der Waals surface area contributed by atoms with Crippen molar-refractivity contribution in [1.82, 2.24) is 4.31 Å². The largest absolute Gasteiger partial charge is 0.482 e. The van der Waals surface area contributed by atoms with Crippen LogP contribution in [0.5, 0.6) is 5.75 Å². The maximum Gasteiger partial charge on any atom is 0.341 e. The predicted molar refractivity (Wildman–Crippen MR) is 78.8 cm³/mol. The Morgan fingerprint density at radius 1 is 1.33 bits per heavy atom. The van der Waals surface area contributed by atoms with Crippen LogP contribution in [0.2, 0.25) is 0 Å². The first-order chi connectivity index (χ1) is 9.77. The number of hydrogen-bond acceptors (Lipinski definition) is 4. The summed E-state index contributed by atoms with van der Waals surface area (Å²) in [5.41, 5.74) is 0. The molecule has 0 saturated heterocycles. The van der Waals surface area contributed by atoms with E-state index in [2.05, 4.69) is 0 Å². The molecule has 1 aromatic rings. The van der Waals surface area contributed by atoms with Gasteiger partial charge in [-0.25, -0.2) is 17.5 Å². The van der Waals surface area contributed by atoms with Gasteiger partial charge in [-0.15, -0.1) is 0 Å². The van der Waals surface area contributed by atoms with Crippen LogP contribution in [0.4, 0.5) is 0 Å². The van der Waals surface area contributed by atoms with Crippen LogP contribution in [-0.2, 0) is 14.8 Å². The summed E-state index contributed by atoms with van der Waals surface area (Å²) < 4.78 is 31.0. The number of nitrogens with zero attached hydrogens (tertiary/aromatic N) is 1. The van der Waals surface area contributed by atoms with Gasteiger partial charge in [0, 0.05) is 13.6 Å². The van der Waals surface area contributed by atoms with Crippen molar-refractivity contribution in [1.29, 1.82) is 0 Å². The van der Waals surface area contributed by atoms with Crippen molar-refractivity contribution < 1.29 is 23.1 Å². The maximum absolute atomic E-state index is 12.4. The van der Waals surface area contributed by atoms with E-state index in [0.717, 1.165) is 6.42 Å². The fraction of sp³-hybridized carbons (Fsp3) is 0.500. The number of rotatable bonds is 8. The first kappa shape index (κ1) is 17.5. The summed E-state index contributed by atoms with van der Waals surface area (Å²) in [5.74, 6) is -0.483. The molecule has 0 radical (unpaired) electrons. The number of carbonyl (C=O) groups is 1. The van der Waals surface area contributed by atoms with Gasteiger partial charge in [0.1, 0.15) is 5.75 Å². The quantitative estimate of drug-likeness (QED) is 0.791. The molecule has 0 saturated carbocycles. The molecule has 7 heteroatoms. The zero-order valence-electron chi connectivity index (χ0n) is 12.4. The molecule has 0 heterocycles. The monoisotopic (exact) mass is 315 g/mol. The van der Waals surface area contributed by atoms with E-state index in [9.17, 15) is 13.2 Å². The summed E-state index contributed by atoms with van der Waals surface area (Å²) in [6.07, 6.45) is 0.905. The lowest BCUT2D eigenvalue weighted by atomic mass is 10.1. The van der Waals surface area contributed by atoms with Crippen molar-refractivity contribution in [3.63, 3.8) is 0 Å². The minimum absolute atomic E-state index is 0.163. The molecule has 0 aliphatic heterocycles. The molecule has 0 aromatic heterocycles. The normalized spacial score (nSPS) is 13.1. The Hall–Kier alpha value is -1.60. The zero-order chi connectivity index (χ0) is 16.0. The number of ether oxygens (including phenoxy) is 1. The molecule has 0 bridgehead atoms. The number of aliphatic carboxylic acids is 1. The molecule has 21 heavy (non-hydrogen) atoms. The van der Waals surface area contributed by atoms with E-state index >= 15 is 0 Å².